The molecular weight excluding hydrogens is 468 g/mol. The summed E-state index contributed by atoms with van der Waals surface area (Å²) in [6.45, 7) is 11.8. The molecule has 2 aliphatic carbocycles. The van der Waals surface area contributed by atoms with Crippen molar-refractivity contribution in [2.45, 2.75) is 95.1 Å². The second-order valence-electron chi connectivity index (χ2n) is 10.5. The number of rotatable bonds is 2. The minimum Gasteiger partial charge on any atom is -0.462 e. The summed E-state index contributed by atoms with van der Waals surface area (Å²) in [6.07, 6.45) is -4.45. The Morgan fingerprint density at radius 2 is 1.79 bits per heavy atom. The Morgan fingerprint density at radius 1 is 1.18 bits per heavy atom. The molecule has 0 aromatic rings. The summed E-state index contributed by atoms with van der Waals surface area (Å²) >= 11 is 6.64. The first-order valence-electron chi connectivity index (χ1n) is 11.7. The molecule has 0 aromatic heterocycles. The van der Waals surface area contributed by atoms with Crippen molar-refractivity contribution in [3.63, 3.8) is 0 Å². The molecule has 4 rings (SSSR count). The zero-order chi connectivity index (χ0) is 25.3. The minimum atomic E-state index is -2.06. The third-order valence-electron chi connectivity index (χ3n) is 8.51. The molecule has 190 valence electrons. The molecule has 0 unspecified atom stereocenters. The van der Waals surface area contributed by atoms with Crippen LogP contribution in [0, 0.1) is 23.2 Å². The molecule has 0 amide bonds. The van der Waals surface area contributed by atoms with Gasteiger partial charge in [-0.15, -0.1) is 11.6 Å². The van der Waals surface area contributed by atoms with E-state index in [1.807, 2.05) is 6.92 Å². The number of epoxide rings is 1. The van der Waals surface area contributed by atoms with Gasteiger partial charge >= 0.3 is 17.9 Å². The topological polar surface area (TPSA) is 132 Å². The van der Waals surface area contributed by atoms with Crippen LogP contribution in [-0.2, 0) is 33.3 Å². The normalized spacial score (nSPS) is 50.2. The Balaban J connectivity index is 1.88. The van der Waals surface area contributed by atoms with Gasteiger partial charge in [-0.25, -0.2) is 0 Å². The third-order valence-corrected chi connectivity index (χ3v) is 9.05. The Morgan fingerprint density at radius 3 is 2.38 bits per heavy atom. The van der Waals surface area contributed by atoms with Crippen LogP contribution in [0.1, 0.15) is 47.5 Å². The highest BCUT2D eigenvalue weighted by Crippen LogP contribution is 2.61. The number of alkyl halides is 1. The van der Waals surface area contributed by atoms with Gasteiger partial charge in [-0.2, -0.15) is 0 Å². The fourth-order valence-corrected chi connectivity index (χ4v) is 7.02. The van der Waals surface area contributed by atoms with E-state index >= 15 is 0 Å². The van der Waals surface area contributed by atoms with Crippen LogP contribution in [0.15, 0.2) is 12.2 Å². The van der Waals surface area contributed by atoms with Crippen molar-refractivity contribution >= 4 is 29.5 Å². The van der Waals surface area contributed by atoms with E-state index in [0.29, 0.717) is 18.4 Å². The largest absolute Gasteiger partial charge is 0.462 e. The van der Waals surface area contributed by atoms with Gasteiger partial charge in [-0.05, 0) is 19.8 Å². The van der Waals surface area contributed by atoms with E-state index in [4.69, 9.17) is 30.5 Å². The van der Waals surface area contributed by atoms with Crippen LogP contribution in [0.3, 0.4) is 0 Å². The lowest BCUT2D eigenvalue weighted by atomic mass is 9.53. The highest BCUT2D eigenvalue weighted by atomic mass is 35.5. The summed E-state index contributed by atoms with van der Waals surface area (Å²) in [6, 6.07) is 0. The maximum atomic E-state index is 12.6. The first kappa shape index (κ1) is 25.4. The number of hydrogen-bond donors (Lipinski definition) is 2. The molecule has 34 heavy (non-hydrogen) atoms. The van der Waals surface area contributed by atoms with Crippen molar-refractivity contribution in [3.05, 3.63) is 12.2 Å². The maximum absolute atomic E-state index is 12.6. The Kier molecular flexibility index (Phi) is 6.33. The Labute approximate surface area is 203 Å². The number of fused-ring (bicyclic) bond motifs is 4. The molecule has 0 bridgehead atoms. The summed E-state index contributed by atoms with van der Waals surface area (Å²) in [5.41, 5.74) is -2.54. The molecule has 0 radical (unpaired) electrons. The number of ether oxygens (including phenoxy) is 4. The molecule has 10 heteroatoms. The molecule has 12 atom stereocenters. The van der Waals surface area contributed by atoms with Gasteiger partial charge < -0.3 is 29.2 Å². The SMILES string of the molecule is C=C1CC[C@H](OC(C)=O)[C@]2(C)[C@H]([C@@H](C)[C@H](OC(C)=O)[C@@H]3O[C@@H]32)[C@H](O)[C@]2(O)[C@@H](C)C(=O)O[C@H]2[C@H]1Cl. The van der Waals surface area contributed by atoms with Crippen LogP contribution in [0.5, 0.6) is 0 Å². The van der Waals surface area contributed by atoms with Crippen LogP contribution in [0.25, 0.3) is 0 Å². The molecule has 2 N–H and O–H groups in total. The van der Waals surface area contributed by atoms with Crippen LogP contribution >= 0.6 is 11.6 Å². The van der Waals surface area contributed by atoms with Crippen molar-refractivity contribution < 1.29 is 43.5 Å². The lowest BCUT2D eigenvalue weighted by Gasteiger charge is -2.54. The average Bonchev–Trinajstić information content (AvgIpc) is 3.52. The van der Waals surface area contributed by atoms with Gasteiger partial charge in [0.25, 0.3) is 0 Å². The van der Waals surface area contributed by atoms with Gasteiger partial charge in [-0.3, -0.25) is 14.4 Å². The summed E-state index contributed by atoms with van der Waals surface area (Å²) in [7, 11) is 0. The zero-order valence-corrected chi connectivity index (χ0v) is 20.8. The first-order chi connectivity index (χ1) is 15.8. The van der Waals surface area contributed by atoms with E-state index in [0.717, 1.165) is 0 Å². The van der Waals surface area contributed by atoms with Crippen molar-refractivity contribution in [1.29, 1.82) is 0 Å². The molecule has 2 heterocycles. The van der Waals surface area contributed by atoms with E-state index in [-0.39, 0.29) is 0 Å². The summed E-state index contributed by atoms with van der Waals surface area (Å²) in [5, 5.41) is 22.9. The Hall–Kier alpha value is -1.68. The quantitative estimate of drug-likeness (QED) is 0.190. The summed E-state index contributed by atoms with van der Waals surface area (Å²) < 4.78 is 22.8. The van der Waals surface area contributed by atoms with Crippen LogP contribution in [0.4, 0.5) is 0 Å². The predicted molar refractivity (Wildman–Crippen MR) is 119 cm³/mol. The van der Waals surface area contributed by atoms with Crippen LogP contribution in [0.2, 0.25) is 0 Å². The fourth-order valence-electron chi connectivity index (χ4n) is 6.65. The summed E-state index contributed by atoms with van der Waals surface area (Å²) in [4.78, 5) is 36.6. The number of aliphatic hydroxyl groups is 2. The first-order valence-corrected chi connectivity index (χ1v) is 12.1. The third kappa shape index (κ3) is 3.58. The lowest BCUT2D eigenvalue weighted by Crippen LogP contribution is -2.67. The zero-order valence-electron chi connectivity index (χ0n) is 20.0. The number of esters is 3. The van der Waals surface area contributed by atoms with E-state index in [1.165, 1.54) is 20.8 Å². The standard InChI is InChI=1S/C24H33ClO9/c1-9-7-8-14(31-12(4)26)23(6)15(10(2)17(32-13(5)27)18-21(23)33-18)19(28)24(30)11(3)22(29)34-20(24)16(9)25/h10-11,14-21,28,30H,1,7-8H2,2-6H3/t10-,11+,14+,15-,16+,17+,18+,19+,20+,21+,23-,24-/m1/s1. The smallest absolute Gasteiger partial charge is 0.312 e. The molecule has 0 aromatic carbocycles. The van der Waals surface area contributed by atoms with E-state index in [9.17, 15) is 24.6 Å². The highest BCUT2D eigenvalue weighted by Gasteiger charge is 2.74. The molecule has 0 spiro atoms. The second kappa shape index (κ2) is 8.47. The van der Waals surface area contributed by atoms with Crippen molar-refractivity contribution in [2.24, 2.45) is 23.2 Å². The molecule has 4 aliphatic rings. The molecular formula is C24H33ClO9. The predicted octanol–water partition coefficient (Wildman–Crippen LogP) is 1.50. The van der Waals surface area contributed by atoms with E-state index in [1.54, 1.807) is 6.92 Å². The van der Waals surface area contributed by atoms with Gasteiger partial charge in [0, 0.05) is 31.1 Å². The average molecular weight is 501 g/mol. The van der Waals surface area contributed by atoms with Gasteiger partial charge in [0.15, 0.2) is 6.10 Å². The van der Waals surface area contributed by atoms with Gasteiger partial charge in [0.2, 0.25) is 0 Å². The number of aliphatic hydroxyl groups excluding tert-OH is 1. The number of hydrogen-bond acceptors (Lipinski definition) is 9. The maximum Gasteiger partial charge on any atom is 0.312 e. The van der Waals surface area contributed by atoms with Gasteiger partial charge in [-0.1, -0.05) is 26.0 Å². The minimum absolute atomic E-state index is 0.335. The molecule has 2 saturated heterocycles. The van der Waals surface area contributed by atoms with Gasteiger partial charge in [0.1, 0.15) is 23.9 Å². The van der Waals surface area contributed by atoms with Crippen LogP contribution < -0.4 is 0 Å². The summed E-state index contributed by atoms with van der Waals surface area (Å²) in [5.74, 6) is -4.08. The van der Waals surface area contributed by atoms with Crippen molar-refractivity contribution in [3.8, 4) is 0 Å². The van der Waals surface area contributed by atoms with E-state index in [2.05, 4.69) is 6.58 Å². The molecule has 2 saturated carbocycles. The van der Waals surface area contributed by atoms with Crippen molar-refractivity contribution in [1.82, 2.24) is 0 Å². The lowest BCUT2D eigenvalue weighted by molar-refractivity contribution is -0.214. The van der Waals surface area contributed by atoms with Gasteiger partial charge in [0.05, 0.1) is 23.5 Å². The Bertz CT molecular complexity index is 907. The number of halogens is 1. The second-order valence-corrected chi connectivity index (χ2v) is 10.9. The molecule has 9 nitrogen and oxygen atoms in total. The molecule has 2 aliphatic heterocycles. The van der Waals surface area contributed by atoms with E-state index < -0.39 is 88.7 Å². The fraction of sp³-hybridized carbons (Fsp3) is 0.792. The van der Waals surface area contributed by atoms with Crippen LogP contribution in [-0.4, -0.2) is 75.7 Å². The number of carbonyl (C=O) groups excluding carboxylic acids is 3. The molecule has 4 fully saturated rings. The number of carbonyl (C=O) groups is 3. The highest BCUT2D eigenvalue weighted by molar-refractivity contribution is 6.23. The van der Waals surface area contributed by atoms with Crippen molar-refractivity contribution in [2.75, 3.05) is 0 Å². The monoisotopic (exact) mass is 500 g/mol.